The Bertz CT molecular complexity index is 221. The largest absolute Gasteiger partial charge is 0.481 e. The first-order chi connectivity index (χ1) is 8.35. The zero-order valence-electron chi connectivity index (χ0n) is 11.2. The van der Waals surface area contributed by atoms with E-state index in [1.54, 1.807) is 19.9 Å². The molecule has 0 aliphatic carbocycles. The highest BCUT2D eigenvalue weighted by atomic mass is 16.4. The molecule has 0 heterocycles. The summed E-state index contributed by atoms with van der Waals surface area (Å²) in [5.74, 6) is -1.49. The molecule has 4 N–H and O–H groups in total. The zero-order chi connectivity index (χ0) is 15.0. The highest BCUT2D eigenvalue weighted by Crippen LogP contribution is 1.95. The Kier molecular flexibility index (Phi) is 21.8. The van der Waals surface area contributed by atoms with E-state index in [1.807, 2.05) is 6.92 Å². The number of aliphatic carboxylic acids is 2. The molecule has 0 aromatic rings. The van der Waals surface area contributed by atoms with Crippen molar-refractivity contribution < 1.29 is 30.0 Å². The van der Waals surface area contributed by atoms with Crippen molar-refractivity contribution in [3.05, 3.63) is 11.6 Å². The molecular weight excluding hydrogens is 240 g/mol. The molecule has 0 spiro atoms. The maximum atomic E-state index is 9.37. The third-order valence-electron chi connectivity index (χ3n) is 1.55. The van der Waals surface area contributed by atoms with Gasteiger partial charge in [-0.3, -0.25) is 9.59 Å². The van der Waals surface area contributed by atoms with Crippen molar-refractivity contribution in [2.45, 2.75) is 40.0 Å². The van der Waals surface area contributed by atoms with Gasteiger partial charge in [-0.1, -0.05) is 25.5 Å². The summed E-state index contributed by atoms with van der Waals surface area (Å²) >= 11 is 0. The summed E-state index contributed by atoms with van der Waals surface area (Å²) in [7, 11) is 0. The summed E-state index contributed by atoms with van der Waals surface area (Å²) < 4.78 is 0. The van der Waals surface area contributed by atoms with Crippen molar-refractivity contribution in [2.24, 2.45) is 0 Å². The predicted molar refractivity (Wildman–Crippen MR) is 68.4 cm³/mol. The van der Waals surface area contributed by atoms with Gasteiger partial charge in [-0.2, -0.15) is 0 Å². The molecule has 0 aliphatic heterocycles. The SMILES string of the molecule is CC(=CCO)CCO.CCC(=O)O.CCC(=O)O. The van der Waals surface area contributed by atoms with Crippen LogP contribution >= 0.6 is 0 Å². The minimum absolute atomic E-state index is 0.0752. The summed E-state index contributed by atoms with van der Waals surface area (Å²) in [6, 6.07) is 0. The number of carboxylic acid groups (broad SMARTS) is 2. The first-order valence-corrected chi connectivity index (χ1v) is 5.66. The first-order valence-electron chi connectivity index (χ1n) is 5.66. The van der Waals surface area contributed by atoms with Crippen LogP contribution in [0.2, 0.25) is 0 Å². The van der Waals surface area contributed by atoms with Crippen molar-refractivity contribution in [1.29, 1.82) is 0 Å². The molecule has 0 aliphatic rings. The third-order valence-corrected chi connectivity index (χ3v) is 1.55. The Morgan fingerprint density at radius 3 is 1.50 bits per heavy atom. The molecule has 0 rings (SSSR count). The van der Waals surface area contributed by atoms with Crippen LogP contribution in [0.5, 0.6) is 0 Å². The topological polar surface area (TPSA) is 115 Å². The van der Waals surface area contributed by atoms with Crippen molar-refractivity contribution in [1.82, 2.24) is 0 Å². The lowest BCUT2D eigenvalue weighted by molar-refractivity contribution is -0.137. The number of aliphatic hydroxyl groups is 2. The average Bonchev–Trinajstić information content (AvgIpc) is 2.31. The molecule has 0 unspecified atom stereocenters. The molecule has 0 amide bonds. The van der Waals surface area contributed by atoms with E-state index < -0.39 is 11.9 Å². The molecule has 0 radical (unpaired) electrons. The Hall–Kier alpha value is -1.40. The fraction of sp³-hybridized carbons (Fsp3) is 0.667. The van der Waals surface area contributed by atoms with Gasteiger partial charge < -0.3 is 20.4 Å². The Morgan fingerprint density at radius 2 is 1.33 bits per heavy atom. The van der Waals surface area contributed by atoms with E-state index >= 15 is 0 Å². The monoisotopic (exact) mass is 264 g/mol. The zero-order valence-corrected chi connectivity index (χ0v) is 11.2. The van der Waals surface area contributed by atoms with Crippen LogP contribution in [0.3, 0.4) is 0 Å². The highest BCUT2D eigenvalue weighted by Gasteiger charge is 1.83. The summed E-state index contributed by atoms with van der Waals surface area (Å²) in [5.41, 5.74) is 1.04. The first kappa shape index (κ1) is 21.8. The number of hydrogen-bond donors (Lipinski definition) is 4. The fourth-order valence-corrected chi connectivity index (χ4v) is 0.434. The van der Waals surface area contributed by atoms with E-state index in [4.69, 9.17) is 20.4 Å². The van der Waals surface area contributed by atoms with Gasteiger partial charge in [0.1, 0.15) is 0 Å². The number of carbonyl (C=O) groups is 2. The summed E-state index contributed by atoms with van der Waals surface area (Å²) in [6.07, 6.45) is 2.80. The summed E-state index contributed by atoms with van der Waals surface area (Å²) in [4.78, 5) is 18.7. The minimum Gasteiger partial charge on any atom is -0.481 e. The number of aliphatic hydroxyl groups excluding tert-OH is 2. The van der Waals surface area contributed by atoms with Crippen LogP contribution in [-0.4, -0.2) is 45.6 Å². The second kappa shape index (κ2) is 18.0. The minimum atomic E-state index is -0.745. The molecule has 18 heavy (non-hydrogen) atoms. The van der Waals surface area contributed by atoms with E-state index in [-0.39, 0.29) is 26.1 Å². The van der Waals surface area contributed by atoms with Gasteiger partial charge in [0.15, 0.2) is 0 Å². The molecular formula is C12H24O6. The van der Waals surface area contributed by atoms with Crippen LogP contribution in [0, 0.1) is 0 Å². The molecule has 0 fully saturated rings. The second-order valence-electron chi connectivity index (χ2n) is 3.20. The molecule has 6 nitrogen and oxygen atoms in total. The Morgan fingerprint density at radius 1 is 1.00 bits per heavy atom. The fourth-order valence-electron chi connectivity index (χ4n) is 0.434. The van der Waals surface area contributed by atoms with Gasteiger partial charge in [-0.15, -0.1) is 0 Å². The van der Waals surface area contributed by atoms with Crippen LogP contribution in [0.1, 0.15) is 40.0 Å². The second-order valence-corrected chi connectivity index (χ2v) is 3.20. The Balaban J connectivity index is -0.000000197. The van der Waals surface area contributed by atoms with Crippen LogP contribution in [0.25, 0.3) is 0 Å². The average molecular weight is 264 g/mol. The lowest BCUT2D eigenvalue weighted by Crippen LogP contribution is -1.86. The van der Waals surface area contributed by atoms with Gasteiger partial charge in [0.05, 0.1) is 6.61 Å². The van der Waals surface area contributed by atoms with Crippen LogP contribution in [0.4, 0.5) is 0 Å². The maximum absolute atomic E-state index is 9.37. The van der Waals surface area contributed by atoms with E-state index in [2.05, 4.69) is 0 Å². The van der Waals surface area contributed by atoms with Gasteiger partial charge >= 0.3 is 11.9 Å². The molecule has 0 bridgehead atoms. The molecule has 0 aromatic carbocycles. The number of carboxylic acids is 2. The van der Waals surface area contributed by atoms with E-state index in [1.165, 1.54) is 0 Å². The molecule has 6 heteroatoms. The highest BCUT2D eigenvalue weighted by molar-refractivity contribution is 5.66. The van der Waals surface area contributed by atoms with E-state index in [0.29, 0.717) is 6.42 Å². The van der Waals surface area contributed by atoms with Crippen molar-refractivity contribution in [3.63, 3.8) is 0 Å². The molecule has 0 atom stereocenters. The molecule has 0 saturated heterocycles. The van der Waals surface area contributed by atoms with Crippen molar-refractivity contribution >= 4 is 11.9 Å². The predicted octanol–water partition coefficient (Wildman–Crippen LogP) is 1.27. The Labute approximate surface area is 108 Å². The number of hydrogen-bond acceptors (Lipinski definition) is 4. The van der Waals surface area contributed by atoms with E-state index in [9.17, 15) is 9.59 Å². The lowest BCUT2D eigenvalue weighted by Gasteiger charge is -1.92. The summed E-state index contributed by atoms with van der Waals surface area (Å²) in [6.45, 7) is 5.32. The quantitative estimate of drug-likeness (QED) is 0.556. The van der Waals surface area contributed by atoms with Crippen LogP contribution in [-0.2, 0) is 9.59 Å². The molecule has 0 aromatic heterocycles. The molecule has 108 valence electrons. The normalized spacial score (nSPS) is 9.50. The molecule has 0 saturated carbocycles. The van der Waals surface area contributed by atoms with Gasteiger partial charge in [0.2, 0.25) is 0 Å². The van der Waals surface area contributed by atoms with Crippen molar-refractivity contribution in [3.8, 4) is 0 Å². The number of rotatable bonds is 5. The van der Waals surface area contributed by atoms with Crippen LogP contribution < -0.4 is 0 Å². The van der Waals surface area contributed by atoms with Gasteiger partial charge in [-0.25, -0.2) is 0 Å². The van der Waals surface area contributed by atoms with Gasteiger partial charge in [0, 0.05) is 19.4 Å². The van der Waals surface area contributed by atoms with Crippen LogP contribution in [0.15, 0.2) is 11.6 Å². The van der Waals surface area contributed by atoms with Gasteiger partial charge in [-0.05, 0) is 13.3 Å². The summed E-state index contributed by atoms with van der Waals surface area (Å²) in [5, 5.41) is 32.1. The van der Waals surface area contributed by atoms with E-state index in [0.717, 1.165) is 5.57 Å². The maximum Gasteiger partial charge on any atom is 0.303 e. The van der Waals surface area contributed by atoms with Gasteiger partial charge in [0.25, 0.3) is 0 Å². The smallest absolute Gasteiger partial charge is 0.303 e. The van der Waals surface area contributed by atoms with Crippen molar-refractivity contribution in [2.75, 3.05) is 13.2 Å². The lowest BCUT2D eigenvalue weighted by atomic mass is 10.2. The standard InChI is InChI=1S/C6H12O2.2C3H6O2/c1-6(2-4-7)3-5-8;2*1-2-3(4)5/h2,7-8H,3-5H2,1H3;2*2H2,1H3,(H,4,5). The third kappa shape index (κ3) is 36.5.